The zero-order chi connectivity index (χ0) is 10.7. The molecule has 0 aliphatic heterocycles. The van der Waals surface area contributed by atoms with E-state index in [4.69, 9.17) is 5.11 Å². The van der Waals surface area contributed by atoms with E-state index >= 15 is 0 Å². The topological polar surface area (TPSA) is 46.0 Å². The van der Waals surface area contributed by atoms with Gasteiger partial charge in [0.1, 0.15) is 0 Å². The SMILES string of the molecule is OCc1cccc(-c2ccc(F)nc2)n1. The largest absolute Gasteiger partial charge is 0.390 e. The van der Waals surface area contributed by atoms with Crippen LogP contribution in [0.15, 0.2) is 36.5 Å². The Labute approximate surface area is 86.3 Å². The van der Waals surface area contributed by atoms with Crippen molar-refractivity contribution >= 4 is 0 Å². The molecule has 0 saturated heterocycles. The molecule has 0 fully saturated rings. The summed E-state index contributed by atoms with van der Waals surface area (Å²) in [7, 11) is 0. The predicted molar refractivity (Wildman–Crippen MR) is 53.3 cm³/mol. The van der Waals surface area contributed by atoms with Crippen LogP contribution in [0.4, 0.5) is 4.39 Å². The van der Waals surface area contributed by atoms with Crippen LogP contribution in [0.5, 0.6) is 0 Å². The summed E-state index contributed by atoms with van der Waals surface area (Å²) in [6.45, 7) is -0.109. The second kappa shape index (κ2) is 4.14. The molecule has 4 heteroatoms. The number of nitrogens with zero attached hydrogens (tertiary/aromatic N) is 2. The third kappa shape index (κ3) is 2.16. The number of aliphatic hydroxyl groups is 1. The van der Waals surface area contributed by atoms with Crippen molar-refractivity contribution in [2.24, 2.45) is 0 Å². The molecule has 0 aliphatic rings. The summed E-state index contributed by atoms with van der Waals surface area (Å²) >= 11 is 0. The van der Waals surface area contributed by atoms with Crippen LogP contribution in [0.3, 0.4) is 0 Å². The molecule has 3 nitrogen and oxygen atoms in total. The number of pyridine rings is 2. The first-order valence-corrected chi connectivity index (χ1v) is 4.48. The molecule has 0 aliphatic carbocycles. The van der Waals surface area contributed by atoms with E-state index in [0.29, 0.717) is 11.4 Å². The van der Waals surface area contributed by atoms with Gasteiger partial charge in [0.15, 0.2) is 0 Å². The maximum atomic E-state index is 12.6. The summed E-state index contributed by atoms with van der Waals surface area (Å²) in [5.41, 5.74) is 1.98. The van der Waals surface area contributed by atoms with E-state index in [1.165, 1.54) is 12.3 Å². The van der Waals surface area contributed by atoms with Gasteiger partial charge in [-0.2, -0.15) is 4.39 Å². The van der Waals surface area contributed by atoms with Crippen molar-refractivity contribution in [3.63, 3.8) is 0 Å². The second-order valence-corrected chi connectivity index (χ2v) is 3.04. The minimum absolute atomic E-state index is 0.109. The Kier molecular flexibility index (Phi) is 2.69. The molecule has 0 radical (unpaired) electrons. The number of halogens is 1. The van der Waals surface area contributed by atoms with Gasteiger partial charge in [0.25, 0.3) is 0 Å². The normalized spacial score (nSPS) is 10.3. The molecule has 2 aromatic rings. The summed E-state index contributed by atoms with van der Waals surface area (Å²) < 4.78 is 12.6. The molecule has 2 heterocycles. The van der Waals surface area contributed by atoms with Crippen LogP contribution in [0.2, 0.25) is 0 Å². The van der Waals surface area contributed by atoms with Gasteiger partial charge in [0.05, 0.1) is 18.0 Å². The highest BCUT2D eigenvalue weighted by atomic mass is 19.1. The molecule has 15 heavy (non-hydrogen) atoms. The first-order valence-electron chi connectivity index (χ1n) is 4.48. The predicted octanol–water partition coefficient (Wildman–Crippen LogP) is 1.77. The summed E-state index contributed by atoms with van der Waals surface area (Å²) in [6.07, 6.45) is 1.42. The van der Waals surface area contributed by atoms with Crippen molar-refractivity contribution in [3.05, 3.63) is 48.2 Å². The molecular weight excluding hydrogens is 195 g/mol. The Balaban J connectivity index is 2.40. The lowest BCUT2D eigenvalue weighted by atomic mass is 10.2. The molecule has 2 rings (SSSR count). The van der Waals surface area contributed by atoms with Crippen molar-refractivity contribution in [2.45, 2.75) is 6.61 Å². The Hall–Kier alpha value is -1.81. The van der Waals surface area contributed by atoms with Crippen molar-refractivity contribution in [1.29, 1.82) is 0 Å². The van der Waals surface area contributed by atoms with Gasteiger partial charge in [-0.05, 0) is 24.3 Å². The fraction of sp³-hybridized carbons (Fsp3) is 0.0909. The lowest BCUT2D eigenvalue weighted by Crippen LogP contribution is -1.92. The standard InChI is InChI=1S/C11H9FN2O/c12-11-5-4-8(6-13-11)10-3-1-2-9(7-15)14-10/h1-6,15H,7H2. The van der Waals surface area contributed by atoms with Gasteiger partial charge in [-0.15, -0.1) is 0 Å². The van der Waals surface area contributed by atoms with Gasteiger partial charge in [-0.1, -0.05) is 6.07 Å². The zero-order valence-corrected chi connectivity index (χ0v) is 7.89. The average Bonchev–Trinajstić information content (AvgIpc) is 2.30. The molecule has 76 valence electrons. The third-order valence-electron chi connectivity index (χ3n) is 1.99. The lowest BCUT2D eigenvalue weighted by Gasteiger charge is -2.01. The molecule has 0 amide bonds. The second-order valence-electron chi connectivity index (χ2n) is 3.04. The molecule has 0 bridgehead atoms. The summed E-state index contributed by atoms with van der Waals surface area (Å²) in [4.78, 5) is 7.72. The van der Waals surface area contributed by atoms with Gasteiger partial charge in [-0.3, -0.25) is 4.98 Å². The molecule has 0 unspecified atom stereocenters. The first kappa shape index (κ1) is 9.73. The van der Waals surface area contributed by atoms with Crippen LogP contribution in [0.1, 0.15) is 5.69 Å². The fourth-order valence-corrected chi connectivity index (χ4v) is 1.26. The summed E-state index contributed by atoms with van der Waals surface area (Å²) in [5.74, 6) is -0.517. The number of aromatic nitrogens is 2. The molecule has 0 spiro atoms. The van der Waals surface area contributed by atoms with Gasteiger partial charge in [-0.25, -0.2) is 4.98 Å². The highest BCUT2D eigenvalue weighted by molar-refractivity contribution is 5.57. The van der Waals surface area contributed by atoms with E-state index in [1.54, 1.807) is 24.3 Å². The minimum atomic E-state index is -0.517. The van der Waals surface area contributed by atoms with E-state index in [9.17, 15) is 4.39 Å². The molecule has 1 N–H and O–H groups in total. The van der Waals surface area contributed by atoms with Crippen LogP contribution in [0.25, 0.3) is 11.3 Å². The third-order valence-corrected chi connectivity index (χ3v) is 1.99. The van der Waals surface area contributed by atoms with E-state index < -0.39 is 5.95 Å². The van der Waals surface area contributed by atoms with Crippen molar-refractivity contribution in [3.8, 4) is 11.3 Å². The average molecular weight is 204 g/mol. The fourth-order valence-electron chi connectivity index (χ4n) is 1.26. The monoisotopic (exact) mass is 204 g/mol. The molecule has 0 aromatic carbocycles. The smallest absolute Gasteiger partial charge is 0.212 e. The Morgan fingerprint density at radius 2 is 2.07 bits per heavy atom. The van der Waals surface area contributed by atoms with Crippen molar-refractivity contribution in [2.75, 3.05) is 0 Å². The van der Waals surface area contributed by atoms with Crippen LogP contribution >= 0.6 is 0 Å². The first-order chi connectivity index (χ1) is 7.29. The highest BCUT2D eigenvalue weighted by Crippen LogP contribution is 2.15. The van der Waals surface area contributed by atoms with Gasteiger partial charge < -0.3 is 5.11 Å². The number of aliphatic hydroxyl groups excluding tert-OH is 1. The highest BCUT2D eigenvalue weighted by Gasteiger charge is 2.01. The van der Waals surface area contributed by atoms with Gasteiger partial charge in [0.2, 0.25) is 5.95 Å². The maximum Gasteiger partial charge on any atom is 0.212 e. The summed E-state index contributed by atoms with van der Waals surface area (Å²) in [5, 5.41) is 8.91. The van der Waals surface area contributed by atoms with Crippen molar-refractivity contribution < 1.29 is 9.50 Å². The maximum absolute atomic E-state index is 12.6. The number of hydrogen-bond acceptors (Lipinski definition) is 3. The van der Waals surface area contributed by atoms with Crippen LogP contribution in [0, 0.1) is 5.95 Å². The number of hydrogen-bond donors (Lipinski definition) is 1. The van der Waals surface area contributed by atoms with Crippen LogP contribution in [-0.2, 0) is 6.61 Å². The molecule has 0 atom stereocenters. The molecular formula is C11H9FN2O. The lowest BCUT2D eigenvalue weighted by molar-refractivity contribution is 0.277. The van der Waals surface area contributed by atoms with E-state index in [-0.39, 0.29) is 6.61 Å². The number of rotatable bonds is 2. The van der Waals surface area contributed by atoms with Gasteiger partial charge >= 0.3 is 0 Å². The van der Waals surface area contributed by atoms with E-state index in [2.05, 4.69) is 9.97 Å². The molecule has 0 saturated carbocycles. The zero-order valence-electron chi connectivity index (χ0n) is 7.89. The van der Waals surface area contributed by atoms with Crippen LogP contribution in [-0.4, -0.2) is 15.1 Å². The summed E-state index contributed by atoms with van der Waals surface area (Å²) in [6, 6.07) is 8.18. The van der Waals surface area contributed by atoms with Gasteiger partial charge in [0, 0.05) is 11.8 Å². The van der Waals surface area contributed by atoms with Crippen LogP contribution < -0.4 is 0 Å². The Morgan fingerprint density at radius 1 is 1.20 bits per heavy atom. The quantitative estimate of drug-likeness (QED) is 0.758. The molecule has 2 aromatic heterocycles. The van der Waals surface area contributed by atoms with E-state index in [0.717, 1.165) is 5.56 Å². The minimum Gasteiger partial charge on any atom is -0.390 e. The Morgan fingerprint density at radius 3 is 2.73 bits per heavy atom. The van der Waals surface area contributed by atoms with Crippen molar-refractivity contribution in [1.82, 2.24) is 9.97 Å². The van der Waals surface area contributed by atoms with E-state index in [1.807, 2.05) is 0 Å². The Bertz CT molecular complexity index is 456.